The Labute approximate surface area is 122 Å². The van der Waals surface area contributed by atoms with Crippen LogP contribution in [0.1, 0.15) is 5.56 Å². The van der Waals surface area contributed by atoms with Crippen molar-refractivity contribution in [1.29, 1.82) is 0 Å². The number of thioether (sulfide) groups is 1. The van der Waals surface area contributed by atoms with E-state index in [9.17, 15) is 10.1 Å². The molecule has 19 heavy (non-hydrogen) atoms. The molecule has 0 saturated heterocycles. The van der Waals surface area contributed by atoms with Gasteiger partial charge in [0.1, 0.15) is 6.33 Å². The molecule has 0 radical (unpaired) electrons. The Bertz CT molecular complexity index is 640. The Kier molecular flexibility index (Phi) is 3.96. The highest BCUT2D eigenvalue weighted by Gasteiger charge is 2.16. The second-order valence-corrected chi connectivity index (χ2v) is 4.54. The summed E-state index contributed by atoms with van der Waals surface area (Å²) < 4.78 is 1.60. The van der Waals surface area contributed by atoms with E-state index in [0.717, 1.165) is 16.4 Å². The van der Waals surface area contributed by atoms with Crippen molar-refractivity contribution in [2.45, 2.75) is 5.16 Å². The summed E-state index contributed by atoms with van der Waals surface area (Å²) in [4.78, 5) is 10.2. The van der Waals surface area contributed by atoms with Crippen molar-refractivity contribution in [3.05, 3.63) is 46.3 Å². The summed E-state index contributed by atoms with van der Waals surface area (Å²) in [5, 5.41) is 23.4. The zero-order chi connectivity index (χ0) is 12.5. The maximum absolute atomic E-state index is 10.6. The van der Waals surface area contributed by atoms with Crippen LogP contribution < -0.4 is 0 Å². The van der Waals surface area contributed by atoms with Crippen LogP contribution in [0.15, 0.2) is 40.9 Å². The van der Waals surface area contributed by atoms with E-state index in [2.05, 4.69) is 15.3 Å². The standard InChI is InChI=1S/C10H7N5O2S.BrH/c16-15(17)8-3-1-7(2-4-8)9-5-18-10-12-11-6-14(10)13-9;/h1-4,6H,5H2;1H. The zero-order valence-corrected chi connectivity index (χ0v) is 12.0. The molecule has 0 spiro atoms. The number of hydrogen-bond donors (Lipinski definition) is 0. The topological polar surface area (TPSA) is 86.2 Å². The fourth-order valence-corrected chi connectivity index (χ4v) is 2.41. The lowest BCUT2D eigenvalue weighted by Gasteiger charge is -2.11. The predicted octanol–water partition coefficient (Wildman–Crippen LogP) is 2.12. The fourth-order valence-electron chi connectivity index (χ4n) is 1.59. The Balaban J connectivity index is 0.00000133. The van der Waals surface area contributed by atoms with Crippen LogP contribution in [0.25, 0.3) is 0 Å². The molecule has 2 aromatic rings. The molecule has 1 aliphatic heterocycles. The molecule has 1 aromatic carbocycles. The highest BCUT2D eigenvalue weighted by atomic mass is 79.9. The fraction of sp³-hybridized carbons (Fsp3) is 0.100. The first-order chi connectivity index (χ1) is 8.74. The van der Waals surface area contributed by atoms with Gasteiger partial charge in [-0.25, -0.2) is 0 Å². The molecular formula is C10H8BrN5O2S. The van der Waals surface area contributed by atoms with E-state index >= 15 is 0 Å². The number of rotatable bonds is 2. The van der Waals surface area contributed by atoms with Crippen LogP contribution >= 0.6 is 28.7 Å². The monoisotopic (exact) mass is 341 g/mol. The predicted molar refractivity (Wildman–Crippen MR) is 76.1 cm³/mol. The lowest BCUT2D eigenvalue weighted by Crippen LogP contribution is -2.12. The van der Waals surface area contributed by atoms with Gasteiger partial charge in [0.05, 0.1) is 10.6 Å². The molecule has 1 aliphatic rings. The maximum atomic E-state index is 10.6. The molecule has 98 valence electrons. The smallest absolute Gasteiger partial charge is 0.258 e. The number of benzene rings is 1. The highest BCUT2D eigenvalue weighted by molar-refractivity contribution is 8.93. The average molecular weight is 342 g/mol. The van der Waals surface area contributed by atoms with Gasteiger partial charge < -0.3 is 0 Å². The van der Waals surface area contributed by atoms with Crippen LogP contribution in [0.3, 0.4) is 0 Å². The number of halogens is 1. The minimum atomic E-state index is -0.418. The molecule has 0 amide bonds. The second kappa shape index (κ2) is 5.49. The summed E-state index contributed by atoms with van der Waals surface area (Å²) >= 11 is 1.53. The Morgan fingerprint density at radius 2 is 2.05 bits per heavy atom. The number of nitro groups is 1. The molecule has 2 heterocycles. The van der Waals surface area contributed by atoms with Gasteiger partial charge in [-0.15, -0.1) is 27.2 Å². The average Bonchev–Trinajstić information content (AvgIpc) is 2.86. The number of hydrogen-bond acceptors (Lipinski definition) is 6. The van der Waals surface area contributed by atoms with Gasteiger partial charge in [-0.05, 0) is 17.7 Å². The molecule has 0 unspecified atom stereocenters. The third-order valence-corrected chi connectivity index (χ3v) is 3.42. The van der Waals surface area contributed by atoms with Crippen LogP contribution in [-0.4, -0.2) is 31.3 Å². The van der Waals surface area contributed by atoms with Gasteiger partial charge in [0, 0.05) is 17.9 Å². The molecule has 3 rings (SSSR count). The van der Waals surface area contributed by atoms with E-state index in [1.54, 1.807) is 16.8 Å². The number of nitrogens with zero attached hydrogens (tertiary/aromatic N) is 5. The van der Waals surface area contributed by atoms with Crippen molar-refractivity contribution in [3.8, 4) is 0 Å². The van der Waals surface area contributed by atoms with Crippen LogP contribution in [-0.2, 0) is 0 Å². The van der Waals surface area contributed by atoms with Crippen LogP contribution in [0.5, 0.6) is 0 Å². The Morgan fingerprint density at radius 3 is 2.74 bits per heavy atom. The van der Waals surface area contributed by atoms with Gasteiger partial charge in [-0.3, -0.25) is 10.1 Å². The van der Waals surface area contributed by atoms with E-state index in [0.29, 0.717) is 5.75 Å². The summed E-state index contributed by atoms with van der Waals surface area (Å²) in [5.41, 5.74) is 1.79. The van der Waals surface area contributed by atoms with E-state index in [1.807, 2.05) is 0 Å². The summed E-state index contributed by atoms with van der Waals surface area (Å²) in [6, 6.07) is 6.36. The third-order valence-electron chi connectivity index (χ3n) is 2.48. The maximum Gasteiger partial charge on any atom is 0.269 e. The van der Waals surface area contributed by atoms with Gasteiger partial charge in [0.25, 0.3) is 5.69 Å². The van der Waals surface area contributed by atoms with Crippen molar-refractivity contribution in [2.24, 2.45) is 5.10 Å². The number of fused-ring (bicyclic) bond motifs is 1. The minimum absolute atomic E-state index is 0. The van der Waals surface area contributed by atoms with Crippen molar-refractivity contribution in [2.75, 3.05) is 5.75 Å². The molecule has 0 bridgehead atoms. The van der Waals surface area contributed by atoms with Crippen molar-refractivity contribution in [3.63, 3.8) is 0 Å². The lowest BCUT2D eigenvalue weighted by atomic mass is 10.1. The lowest BCUT2D eigenvalue weighted by molar-refractivity contribution is -0.384. The van der Waals surface area contributed by atoms with Gasteiger partial charge in [-0.2, -0.15) is 9.78 Å². The van der Waals surface area contributed by atoms with Gasteiger partial charge >= 0.3 is 0 Å². The van der Waals surface area contributed by atoms with Crippen LogP contribution in [0.4, 0.5) is 5.69 Å². The zero-order valence-electron chi connectivity index (χ0n) is 9.46. The molecule has 0 aliphatic carbocycles. The molecule has 0 atom stereocenters. The summed E-state index contributed by atoms with van der Waals surface area (Å²) in [7, 11) is 0. The van der Waals surface area contributed by atoms with E-state index in [-0.39, 0.29) is 22.7 Å². The number of non-ortho nitro benzene ring substituents is 1. The summed E-state index contributed by atoms with van der Waals surface area (Å²) in [6.45, 7) is 0. The molecular weight excluding hydrogens is 334 g/mol. The number of aromatic nitrogens is 3. The van der Waals surface area contributed by atoms with Crippen molar-refractivity contribution in [1.82, 2.24) is 14.9 Å². The van der Waals surface area contributed by atoms with E-state index < -0.39 is 4.92 Å². The van der Waals surface area contributed by atoms with E-state index in [1.165, 1.54) is 30.2 Å². The Morgan fingerprint density at radius 1 is 1.32 bits per heavy atom. The largest absolute Gasteiger partial charge is 0.269 e. The number of nitro benzene ring substituents is 1. The van der Waals surface area contributed by atoms with Crippen molar-refractivity contribution >= 4 is 40.1 Å². The van der Waals surface area contributed by atoms with E-state index in [4.69, 9.17) is 0 Å². The van der Waals surface area contributed by atoms with Crippen molar-refractivity contribution < 1.29 is 4.92 Å². The van der Waals surface area contributed by atoms with Gasteiger partial charge in [-0.1, -0.05) is 11.8 Å². The molecule has 9 heteroatoms. The second-order valence-electron chi connectivity index (χ2n) is 3.60. The normalized spacial score (nSPS) is 13.2. The van der Waals surface area contributed by atoms with Crippen LogP contribution in [0.2, 0.25) is 0 Å². The minimum Gasteiger partial charge on any atom is -0.258 e. The Hall–Kier alpha value is -1.74. The first-order valence-corrected chi connectivity index (χ1v) is 6.08. The highest BCUT2D eigenvalue weighted by Crippen LogP contribution is 2.22. The summed E-state index contributed by atoms with van der Waals surface area (Å²) in [5.74, 6) is 0.677. The SMILES string of the molecule is Br.O=[N+]([O-])c1ccc(C2=Nn3cnnc3SC2)cc1. The molecule has 7 nitrogen and oxygen atoms in total. The summed E-state index contributed by atoms with van der Waals surface area (Å²) in [6.07, 6.45) is 1.53. The van der Waals surface area contributed by atoms with Crippen LogP contribution in [0, 0.1) is 10.1 Å². The molecule has 0 fully saturated rings. The third kappa shape index (κ3) is 2.66. The first kappa shape index (κ1) is 13.7. The van der Waals surface area contributed by atoms with Gasteiger partial charge in [0.2, 0.25) is 5.16 Å². The quantitative estimate of drug-likeness (QED) is 0.616. The molecule has 1 aromatic heterocycles. The first-order valence-electron chi connectivity index (χ1n) is 5.09. The molecule has 0 saturated carbocycles. The van der Waals surface area contributed by atoms with Gasteiger partial charge in [0.15, 0.2) is 0 Å². The molecule has 0 N–H and O–H groups in total.